The molecule has 0 aliphatic carbocycles. The lowest BCUT2D eigenvalue weighted by Crippen LogP contribution is -2.28. The SMILES string of the molecule is COc1cc(F)cc(CC2CCN(c3ccc(-c4cn[nH]c4)cn3)C2=O)c1. The molecule has 0 radical (unpaired) electrons. The average Bonchev–Trinajstić information content (AvgIpc) is 3.32. The van der Waals surface area contributed by atoms with Crippen LogP contribution in [0, 0.1) is 11.7 Å². The van der Waals surface area contributed by atoms with E-state index in [2.05, 4.69) is 15.2 Å². The number of methoxy groups -OCH3 is 1. The Hall–Kier alpha value is -3.22. The highest BCUT2D eigenvalue weighted by Gasteiger charge is 2.33. The molecule has 1 atom stereocenters. The van der Waals surface area contributed by atoms with Gasteiger partial charge in [0.1, 0.15) is 17.4 Å². The topological polar surface area (TPSA) is 71.1 Å². The average molecular weight is 366 g/mol. The van der Waals surface area contributed by atoms with Gasteiger partial charge in [-0.25, -0.2) is 9.37 Å². The molecule has 138 valence electrons. The summed E-state index contributed by atoms with van der Waals surface area (Å²) < 4.78 is 18.8. The number of pyridine rings is 1. The Balaban J connectivity index is 1.48. The molecule has 3 aromatic rings. The number of ether oxygens (including phenoxy) is 1. The first kappa shape index (κ1) is 17.2. The van der Waals surface area contributed by atoms with E-state index in [9.17, 15) is 9.18 Å². The summed E-state index contributed by atoms with van der Waals surface area (Å²) in [5, 5.41) is 6.69. The first-order chi connectivity index (χ1) is 13.1. The van der Waals surface area contributed by atoms with Crippen molar-refractivity contribution >= 4 is 11.7 Å². The van der Waals surface area contributed by atoms with E-state index in [1.54, 1.807) is 29.6 Å². The zero-order valence-corrected chi connectivity index (χ0v) is 14.9. The van der Waals surface area contributed by atoms with Crippen molar-refractivity contribution < 1.29 is 13.9 Å². The van der Waals surface area contributed by atoms with Crippen molar-refractivity contribution in [1.29, 1.82) is 0 Å². The van der Waals surface area contributed by atoms with Crippen LogP contribution in [0.1, 0.15) is 12.0 Å². The standard InChI is InChI=1S/C20H19FN4O2/c1-27-18-8-13(7-17(21)9-18)6-14-4-5-25(20(14)26)19-3-2-15(10-22-19)16-11-23-24-12-16/h2-3,7-12,14H,4-6H2,1H3,(H,23,24). The monoisotopic (exact) mass is 366 g/mol. The van der Waals surface area contributed by atoms with Crippen molar-refractivity contribution in [2.45, 2.75) is 12.8 Å². The third-order valence-electron chi connectivity index (χ3n) is 4.82. The third-order valence-corrected chi connectivity index (χ3v) is 4.82. The van der Waals surface area contributed by atoms with Gasteiger partial charge in [0.05, 0.1) is 13.3 Å². The number of nitrogens with zero attached hydrogens (tertiary/aromatic N) is 3. The molecule has 6 nitrogen and oxygen atoms in total. The quantitative estimate of drug-likeness (QED) is 0.753. The summed E-state index contributed by atoms with van der Waals surface area (Å²) in [7, 11) is 1.50. The molecule has 1 N–H and O–H groups in total. The second kappa shape index (κ2) is 7.19. The zero-order valence-electron chi connectivity index (χ0n) is 14.9. The summed E-state index contributed by atoms with van der Waals surface area (Å²) in [5.41, 5.74) is 2.64. The molecule has 0 bridgehead atoms. The van der Waals surface area contributed by atoms with Gasteiger partial charge in [-0.05, 0) is 42.7 Å². The van der Waals surface area contributed by atoms with Gasteiger partial charge < -0.3 is 4.74 Å². The molecule has 3 heterocycles. The lowest BCUT2D eigenvalue weighted by molar-refractivity contribution is -0.120. The van der Waals surface area contributed by atoms with E-state index in [1.165, 1.54) is 19.2 Å². The number of benzene rings is 1. The summed E-state index contributed by atoms with van der Waals surface area (Å²) in [4.78, 5) is 18.9. The highest BCUT2D eigenvalue weighted by atomic mass is 19.1. The van der Waals surface area contributed by atoms with E-state index in [0.717, 1.165) is 16.7 Å². The largest absolute Gasteiger partial charge is 0.497 e. The van der Waals surface area contributed by atoms with Crippen LogP contribution in [-0.4, -0.2) is 34.7 Å². The molecule has 0 saturated carbocycles. The Morgan fingerprint density at radius 2 is 2.15 bits per heavy atom. The summed E-state index contributed by atoms with van der Waals surface area (Å²) >= 11 is 0. The molecule has 1 aromatic carbocycles. The van der Waals surface area contributed by atoms with Gasteiger partial charge in [-0.2, -0.15) is 5.10 Å². The molecule has 7 heteroatoms. The Morgan fingerprint density at radius 1 is 1.26 bits per heavy atom. The zero-order chi connectivity index (χ0) is 18.8. The van der Waals surface area contributed by atoms with Crippen molar-refractivity contribution in [2.75, 3.05) is 18.6 Å². The second-order valence-corrected chi connectivity index (χ2v) is 6.57. The number of nitrogens with one attached hydrogen (secondary N) is 1. The van der Waals surface area contributed by atoms with Crippen molar-refractivity contribution in [2.24, 2.45) is 5.92 Å². The van der Waals surface area contributed by atoms with Crippen LogP contribution in [0.3, 0.4) is 0 Å². The minimum atomic E-state index is -0.358. The Kier molecular flexibility index (Phi) is 4.58. The van der Waals surface area contributed by atoms with E-state index in [4.69, 9.17) is 4.74 Å². The van der Waals surface area contributed by atoms with Gasteiger partial charge >= 0.3 is 0 Å². The molecule has 2 aromatic heterocycles. The van der Waals surface area contributed by atoms with E-state index in [0.29, 0.717) is 31.0 Å². The van der Waals surface area contributed by atoms with Crippen LogP contribution in [-0.2, 0) is 11.2 Å². The van der Waals surface area contributed by atoms with Crippen molar-refractivity contribution in [3.8, 4) is 16.9 Å². The molecule has 0 spiro atoms. The minimum Gasteiger partial charge on any atom is -0.497 e. The fraction of sp³-hybridized carbons (Fsp3) is 0.250. The predicted molar refractivity (Wildman–Crippen MR) is 98.9 cm³/mol. The van der Waals surface area contributed by atoms with E-state index in [1.807, 2.05) is 12.1 Å². The molecule has 1 saturated heterocycles. The second-order valence-electron chi connectivity index (χ2n) is 6.57. The first-order valence-corrected chi connectivity index (χ1v) is 8.74. The molecular formula is C20H19FN4O2. The number of aromatic nitrogens is 3. The number of halogens is 1. The summed E-state index contributed by atoms with van der Waals surface area (Å²) in [5.74, 6) is 0.562. The van der Waals surface area contributed by atoms with Crippen molar-refractivity contribution in [3.63, 3.8) is 0 Å². The molecule has 1 unspecified atom stereocenters. The minimum absolute atomic E-state index is 0.0155. The van der Waals surface area contributed by atoms with Gasteiger partial charge in [0.25, 0.3) is 0 Å². The molecule has 27 heavy (non-hydrogen) atoms. The van der Waals surface area contributed by atoms with Crippen LogP contribution in [0.4, 0.5) is 10.2 Å². The van der Waals surface area contributed by atoms with Gasteiger partial charge in [0, 0.05) is 42.0 Å². The lowest BCUT2D eigenvalue weighted by Gasteiger charge is -2.16. The highest BCUT2D eigenvalue weighted by molar-refractivity contribution is 5.96. The maximum absolute atomic E-state index is 13.7. The smallest absolute Gasteiger partial charge is 0.231 e. The maximum Gasteiger partial charge on any atom is 0.231 e. The van der Waals surface area contributed by atoms with E-state index in [-0.39, 0.29) is 17.6 Å². The maximum atomic E-state index is 13.7. The van der Waals surface area contributed by atoms with Gasteiger partial charge in [-0.1, -0.05) is 0 Å². The van der Waals surface area contributed by atoms with Gasteiger partial charge in [0.2, 0.25) is 5.91 Å². The number of aromatic amines is 1. The number of H-pyrrole nitrogens is 1. The summed E-state index contributed by atoms with van der Waals surface area (Å²) in [6, 6.07) is 8.32. The van der Waals surface area contributed by atoms with Gasteiger partial charge in [0.15, 0.2) is 0 Å². The van der Waals surface area contributed by atoms with Crippen LogP contribution in [0.15, 0.2) is 48.9 Å². The summed E-state index contributed by atoms with van der Waals surface area (Å²) in [6.45, 7) is 0.605. The molecule has 1 aliphatic heterocycles. The molecule has 1 amide bonds. The van der Waals surface area contributed by atoms with Crippen LogP contribution < -0.4 is 9.64 Å². The van der Waals surface area contributed by atoms with Crippen molar-refractivity contribution in [3.05, 3.63) is 60.3 Å². The van der Waals surface area contributed by atoms with Crippen LogP contribution in [0.5, 0.6) is 5.75 Å². The Bertz CT molecular complexity index is 941. The van der Waals surface area contributed by atoms with Crippen molar-refractivity contribution in [1.82, 2.24) is 15.2 Å². The van der Waals surface area contributed by atoms with E-state index < -0.39 is 0 Å². The molecule has 4 rings (SSSR count). The lowest BCUT2D eigenvalue weighted by atomic mass is 9.98. The Morgan fingerprint density at radius 3 is 2.85 bits per heavy atom. The number of rotatable bonds is 5. The number of hydrogen-bond donors (Lipinski definition) is 1. The van der Waals surface area contributed by atoms with E-state index >= 15 is 0 Å². The fourth-order valence-corrected chi connectivity index (χ4v) is 3.42. The molecule has 1 fully saturated rings. The van der Waals surface area contributed by atoms with Crippen LogP contribution in [0.25, 0.3) is 11.1 Å². The number of amides is 1. The van der Waals surface area contributed by atoms with Gasteiger partial charge in [-0.15, -0.1) is 0 Å². The fourth-order valence-electron chi connectivity index (χ4n) is 3.42. The molecular weight excluding hydrogens is 347 g/mol. The van der Waals surface area contributed by atoms with Crippen LogP contribution in [0.2, 0.25) is 0 Å². The highest BCUT2D eigenvalue weighted by Crippen LogP contribution is 2.29. The first-order valence-electron chi connectivity index (χ1n) is 8.74. The number of hydrogen-bond acceptors (Lipinski definition) is 4. The molecule has 1 aliphatic rings. The predicted octanol–water partition coefficient (Wildman–Crippen LogP) is 3.22. The summed E-state index contributed by atoms with van der Waals surface area (Å²) in [6.07, 6.45) is 6.44. The third kappa shape index (κ3) is 3.53. The number of carbonyl (C=O) groups excluding carboxylic acids is 1. The normalized spacial score (nSPS) is 16.7. The van der Waals surface area contributed by atoms with Crippen LogP contribution >= 0.6 is 0 Å². The van der Waals surface area contributed by atoms with Gasteiger partial charge in [-0.3, -0.25) is 14.8 Å². The Labute approximate surface area is 156 Å². The number of carbonyl (C=O) groups is 1. The number of anilines is 1.